The average Bonchev–Trinajstić information content (AvgIpc) is 2.49. The van der Waals surface area contributed by atoms with Crippen molar-refractivity contribution >= 4 is 27.6 Å². The van der Waals surface area contributed by atoms with Crippen LogP contribution in [0.2, 0.25) is 0 Å². The largest absolute Gasteiger partial charge is 0.389 e. The summed E-state index contributed by atoms with van der Waals surface area (Å²) >= 11 is 3.63. The van der Waals surface area contributed by atoms with Gasteiger partial charge in [-0.05, 0) is 42.1 Å². The van der Waals surface area contributed by atoms with E-state index in [-0.39, 0.29) is 0 Å². The summed E-state index contributed by atoms with van der Waals surface area (Å²) in [5.74, 6) is 2.14. The summed E-state index contributed by atoms with van der Waals surface area (Å²) < 4.78 is 0.924. The zero-order chi connectivity index (χ0) is 14.9. The lowest BCUT2D eigenvalue weighted by molar-refractivity contribution is -0.0613. The molecule has 5 nitrogen and oxygen atoms in total. The van der Waals surface area contributed by atoms with E-state index in [0.29, 0.717) is 5.92 Å². The van der Waals surface area contributed by atoms with Gasteiger partial charge in [0.15, 0.2) is 0 Å². The molecular weight excluding hydrogens is 332 g/mol. The molecule has 1 aliphatic carbocycles. The predicted molar refractivity (Wildman–Crippen MR) is 87.6 cm³/mol. The minimum atomic E-state index is -0.446. The highest BCUT2D eigenvalue weighted by Crippen LogP contribution is 2.42. The van der Waals surface area contributed by atoms with Crippen LogP contribution in [0.4, 0.5) is 11.6 Å². The Kier molecular flexibility index (Phi) is 4.36. The molecule has 2 N–H and O–H groups in total. The van der Waals surface area contributed by atoms with E-state index in [1.54, 1.807) is 6.33 Å². The van der Waals surface area contributed by atoms with Crippen LogP contribution in [0.15, 0.2) is 10.8 Å². The van der Waals surface area contributed by atoms with Crippen LogP contribution in [0.5, 0.6) is 0 Å². The van der Waals surface area contributed by atoms with Crippen molar-refractivity contribution in [3.63, 3.8) is 0 Å². The monoisotopic (exact) mass is 354 g/mol. The number of rotatable bonds is 3. The van der Waals surface area contributed by atoms with Crippen LogP contribution in [-0.2, 0) is 0 Å². The molecule has 1 saturated heterocycles. The Hall–Kier alpha value is -0.880. The van der Waals surface area contributed by atoms with Gasteiger partial charge in [0.2, 0.25) is 0 Å². The lowest BCUT2D eigenvalue weighted by atomic mass is 9.71. The maximum Gasteiger partial charge on any atom is 0.148 e. The lowest BCUT2D eigenvalue weighted by Gasteiger charge is -2.47. The van der Waals surface area contributed by atoms with Crippen molar-refractivity contribution in [2.24, 2.45) is 5.92 Å². The molecule has 2 atom stereocenters. The number of nitrogens with zero attached hydrogens (tertiary/aromatic N) is 3. The Balaban J connectivity index is 1.81. The summed E-state index contributed by atoms with van der Waals surface area (Å²) in [6.45, 7) is 4.63. The van der Waals surface area contributed by atoms with Gasteiger partial charge in [0.1, 0.15) is 22.4 Å². The number of piperidine rings is 1. The highest BCUT2D eigenvalue weighted by Gasteiger charge is 2.43. The fourth-order valence-corrected chi connectivity index (χ4v) is 4.23. The summed E-state index contributed by atoms with van der Waals surface area (Å²) in [4.78, 5) is 11.0. The molecule has 0 aromatic carbocycles. The minimum absolute atomic E-state index is 0.365. The van der Waals surface area contributed by atoms with E-state index in [2.05, 4.69) is 43.0 Å². The molecule has 6 heteroatoms. The summed E-state index contributed by atoms with van der Waals surface area (Å²) in [5.41, 5.74) is -0.446. The number of anilines is 2. The van der Waals surface area contributed by atoms with Crippen LogP contribution in [0, 0.1) is 5.92 Å². The highest BCUT2D eigenvalue weighted by atomic mass is 79.9. The van der Waals surface area contributed by atoms with Crippen molar-refractivity contribution in [2.45, 2.75) is 44.6 Å². The fourth-order valence-electron chi connectivity index (χ4n) is 3.63. The Morgan fingerprint density at radius 3 is 3.10 bits per heavy atom. The molecule has 0 radical (unpaired) electrons. The number of halogens is 1. The Morgan fingerprint density at radius 2 is 2.29 bits per heavy atom. The molecule has 1 saturated carbocycles. The average molecular weight is 355 g/mol. The second-order valence-corrected chi connectivity index (χ2v) is 6.93. The minimum Gasteiger partial charge on any atom is -0.389 e. The van der Waals surface area contributed by atoms with Gasteiger partial charge in [-0.2, -0.15) is 0 Å². The van der Waals surface area contributed by atoms with Crippen molar-refractivity contribution in [1.82, 2.24) is 9.97 Å². The SMILES string of the molecule is CCNc1ncnc(N2CCC3(O)CCCCC3C2)c1Br. The number of aliphatic hydroxyl groups is 1. The molecule has 0 amide bonds. The first-order valence-corrected chi connectivity index (χ1v) is 8.65. The Morgan fingerprint density at radius 1 is 1.43 bits per heavy atom. The quantitative estimate of drug-likeness (QED) is 0.873. The molecule has 3 rings (SSSR count). The van der Waals surface area contributed by atoms with Crippen LogP contribution in [0.25, 0.3) is 0 Å². The molecule has 0 bridgehead atoms. The van der Waals surface area contributed by atoms with E-state index in [9.17, 15) is 5.11 Å². The van der Waals surface area contributed by atoms with Crippen LogP contribution in [0.3, 0.4) is 0 Å². The first-order chi connectivity index (χ1) is 10.1. The summed E-state index contributed by atoms with van der Waals surface area (Å²) in [6.07, 6.45) is 6.92. The normalized spacial score (nSPS) is 29.1. The van der Waals surface area contributed by atoms with E-state index in [1.807, 2.05) is 0 Å². The molecule has 2 unspecified atom stereocenters. The second kappa shape index (κ2) is 6.08. The van der Waals surface area contributed by atoms with Crippen LogP contribution in [0.1, 0.15) is 39.0 Å². The van der Waals surface area contributed by atoms with Gasteiger partial charge in [-0.3, -0.25) is 0 Å². The van der Waals surface area contributed by atoms with Crippen molar-refractivity contribution in [1.29, 1.82) is 0 Å². The zero-order valence-corrected chi connectivity index (χ0v) is 14.1. The molecular formula is C15H23BrN4O. The van der Waals surface area contributed by atoms with Crippen LogP contribution in [-0.4, -0.2) is 40.3 Å². The van der Waals surface area contributed by atoms with E-state index in [4.69, 9.17) is 0 Å². The lowest BCUT2D eigenvalue weighted by Crippen LogP contribution is -2.53. The van der Waals surface area contributed by atoms with E-state index in [1.165, 1.54) is 6.42 Å². The van der Waals surface area contributed by atoms with Gasteiger partial charge >= 0.3 is 0 Å². The van der Waals surface area contributed by atoms with E-state index in [0.717, 1.165) is 61.4 Å². The number of hydrogen-bond donors (Lipinski definition) is 2. The number of aromatic nitrogens is 2. The standard InChI is InChI=1S/C15H23BrN4O/c1-2-17-13-12(16)14(19-10-18-13)20-8-7-15(21)6-4-3-5-11(15)9-20/h10-11,21H,2-9H2,1H3,(H,17,18,19). The maximum atomic E-state index is 10.8. The molecule has 1 aromatic heterocycles. The number of nitrogens with one attached hydrogen (secondary N) is 1. The Labute approximate surface area is 134 Å². The summed E-state index contributed by atoms with van der Waals surface area (Å²) in [6, 6.07) is 0. The smallest absolute Gasteiger partial charge is 0.148 e. The first kappa shape index (κ1) is 15.0. The molecule has 2 aliphatic rings. The summed E-state index contributed by atoms with van der Waals surface area (Å²) in [5, 5.41) is 14.0. The third-order valence-electron chi connectivity index (χ3n) is 4.84. The number of hydrogen-bond acceptors (Lipinski definition) is 5. The topological polar surface area (TPSA) is 61.3 Å². The van der Waals surface area contributed by atoms with Gasteiger partial charge in [0.25, 0.3) is 0 Å². The molecule has 116 valence electrons. The fraction of sp³-hybridized carbons (Fsp3) is 0.733. The van der Waals surface area contributed by atoms with Gasteiger partial charge < -0.3 is 15.3 Å². The van der Waals surface area contributed by atoms with E-state index >= 15 is 0 Å². The van der Waals surface area contributed by atoms with Crippen LogP contribution >= 0.6 is 15.9 Å². The van der Waals surface area contributed by atoms with Gasteiger partial charge in [-0.25, -0.2) is 9.97 Å². The second-order valence-electron chi connectivity index (χ2n) is 6.13. The van der Waals surface area contributed by atoms with Crippen LogP contribution < -0.4 is 10.2 Å². The predicted octanol–water partition coefficient (Wildman–Crippen LogP) is 2.80. The van der Waals surface area contributed by atoms with Crippen molar-refractivity contribution in [3.8, 4) is 0 Å². The number of fused-ring (bicyclic) bond motifs is 1. The first-order valence-electron chi connectivity index (χ1n) is 7.86. The highest BCUT2D eigenvalue weighted by molar-refractivity contribution is 9.10. The summed E-state index contributed by atoms with van der Waals surface area (Å²) in [7, 11) is 0. The van der Waals surface area contributed by atoms with Crippen molar-refractivity contribution in [2.75, 3.05) is 29.9 Å². The van der Waals surface area contributed by atoms with Gasteiger partial charge in [-0.15, -0.1) is 0 Å². The molecule has 21 heavy (non-hydrogen) atoms. The van der Waals surface area contributed by atoms with Gasteiger partial charge in [-0.1, -0.05) is 12.8 Å². The molecule has 0 spiro atoms. The van der Waals surface area contributed by atoms with E-state index < -0.39 is 5.60 Å². The third-order valence-corrected chi connectivity index (χ3v) is 5.57. The van der Waals surface area contributed by atoms with Gasteiger partial charge in [0.05, 0.1) is 5.60 Å². The molecule has 1 aliphatic heterocycles. The molecule has 1 aromatic rings. The van der Waals surface area contributed by atoms with Gasteiger partial charge in [0, 0.05) is 25.6 Å². The molecule has 2 heterocycles. The van der Waals surface area contributed by atoms with Crippen molar-refractivity contribution < 1.29 is 5.11 Å². The third kappa shape index (κ3) is 2.88. The Bertz CT molecular complexity index is 512. The molecule has 2 fully saturated rings. The maximum absolute atomic E-state index is 10.8. The zero-order valence-electron chi connectivity index (χ0n) is 12.5. The van der Waals surface area contributed by atoms with Crippen molar-refractivity contribution in [3.05, 3.63) is 10.8 Å².